The molecule has 2 N–H and O–H groups in total. The lowest BCUT2D eigenvalue weighted by Crippen LogP contribution is -2.03. The predicted octanol–water partition coefficient (Wildman–Crippen LogP) is 4.28. The molecule has 0 spiro atoms. The second kappa shape index (κ2) is 5.35. The Hall–Kier alpha value is -1.33. The van der Waals surface area contributed by atoms with Gasteiger partial charge in [0.25, 0.3) is 0 Å². The van der Waals surface area contributed by atoms with Crippen molar-refractivity contribution in [2.75, 3.05) is 12.8 Å². The minimum atomic E-state index is -0.357. The molecule has 0 amide bonds. The highest BCUT2D eigenvalue weighted by Gasteiger charge is 2.24. The number of nitrogens with two attached hydrogens (primary N) is 1. The van der Waals surface area contributed by atoms with Gasteiger partial charge in [0.05, 0.1) is 17.7 Å². The number of carbonyl (C=O) groups is 1. The quantitative estimate of drug-likeness (QED) is 0.860. The van der Waals surface area contributed by atoms with Crippen LogP contribution in [0.15, 0.2) is 12.1 Å². The van der Waals surface area contributed by atoms with E-state index >= 15 is 0 Å². The van der Waals surface area contributed by atoms with E-state index in [9.17, 15) is 4.79 Å². The van der Waals surface area contributed by atoms with Gasteiger partial charge < -0.3 is 10.5 Å². The maximum atomic E-state index is 11.8. The first-order valence-electron chi connectivity index (χ1n) is 6.03. The van der Waals surface area contributed by atoms with Crippen LogP contribution in [0.1, 0.15) is 39.9 Å². The highest BCUT2D eigenvalue weighted by molar-refractivity contribution is 7.23. The standard InChI is InChI=1S/C14H17NO2S2/c1-7(2)10-11(15)13(14(16)17-4)19-12(10)9-6-5-8(3)18-9/h5-7H,15H2,1-4H3. The third-order valence-electron chi connectivity index (χ3n) is 2.90. The second-order valence-electron chi connectivity index (χ2n) is 4.64. The molecule has 0 fully saturated rings. The van der Waals surface area contributed by atoms with Crippen LogP contribution in [0.3, 0.4) is 0 Å². The monoisotopic (exact) mass is 295 g/mol. The topological polar surface area (TPSA) is 52.3 Å². The molecule has 3 nitrogen and oxygen atoms in total. The summed E-state index contributed by atoms with van der Waals surface area (Å²) in [6, 6.07) is 4.16. The normalized spacial score (nSPS) is 11.0. The third-order valence-corrected chi connectivity index (χ3v) is 5.28. The Balaban J connectivity index is 2.63. The molecule has 0 saturated carbocycles. The molecule has 0 saturated heterocycles. The summed E-state index contributed by atoms with van der Waals surface area (Å²) >= 11 is 3.14. The van der Waals surface area contributed by atoms with Gasteiger partial charge in [-0.05, 0) is 30.5 Å². The van der Waals surface area contributed by atoms with E-state index in [0.29, 0.717) is 10.6 Å². The molecule has 0 unspecified atom stereocenters. The first-order chi connectivity index (χ1) is 8.95. The number of esters is 1. The zero-order valence-electron chi connectivity index (χ0n) is 11.4. The fourth-order valence-electron chi connectivity index (χ4n) is 2.01. The zero-order chi connectivity index (χ0) is 14.2. The van der Waals surface area contributed by atoms with Gasteiger partial charge in [0.15, 0.2) is 0 Å². The molecule has 2 aromatic rings. The number of hydrogen-bond acceptors (Lipinski definition) is 5. The molecule has 2 heterocycles. The molecule has 102 valence electrons. The summed E-state index contributed by atoms with van der Waals surface area (Å²) in [6.45, 7) is 6.24. The van der Waals surface area contributed by atoms with Gasteiger partial charge >= 0.3 is 5.97 Å². The molecule has 0 radical (unpaired) electrons. The fourth-order valence-corrected chi connectivity index (χ4v) is 4.30. The van der Waals surface area contributed by atoms with E-state index in [2.05, 4.69) is 32.9 Å². The van der Waals surface area contributed by atoms with Crippen LogP contribution in [0, 0.1) is 6.92 Å². The molecule has 2 rings (SSSR count). The molecule has 0 atom stereocenters. The Morgan fingerprint density at radius 2 is 2.00 bits per heavy atom. The van der Waals surface area contributed by atoms with E-state index in [4.69, 9.17) is 10.5 Å². The number of ether oxygens (including phenoxy) is 1. The number of hydrogen-bond donors (Lipinski definition) is 1. The molecular weight excluding hydrogens is 278 g/mol. The van der Waals surface area contributed by atoms with Crippen molar-refractivity contribution in [2.45, 2.75) is 26.7 Å². The minimum absolute atomic E-state index is 0.270. The van der Waals surface area contributed by atoms with E-state index in [1.165, 1.54) is 23.3 Å². The molecular formula is C14H17NO2S2. The van der Waals surface area contributed by atoms with Gasteiger partial charge in [-0.15, -0.1) is 22.7 Å². The Morgan fingerprint density at radius 3 is 2.47 bits per heavy atom. The van der Waals surface area contributed by atoms with Crippen molar-refractivity contribution in [3.63, 3.8) is 0 Å². The number of methoxy groups -OCH3 is 1. The van der Waals surface area contributed by atoms with E-state index in [-0.39, 0.29) is 11.9 Å². The van der Waals surface area contributed by atoms with Crippen LogP contribution < -0.4 is 5.73 Å². The molecule has 0 aliphatic carbocycles. The van der Waals surface area contributed by atoms with Crippen molar-refractivity contribution in [3.8, 4) is 9.75 Å². The van der Waals surface area contributed by atoms with Crippen molar-refractivity contribution in [1.29, 1.82) is 0 Å². The zero-order valence-corrected chi connectivity index (χ0v) is 13.1. The van der Waals surface area contributed by atoms with Crippen LogP contribution in [0.2, 0.25) is 0 Å². The van der Waals surface area contributed by atoms with Gasteiger partial charge in [-0.2, -0.15) is 0 Å². The first-order valence-corrected chi connectivity index (χ1v) is 7.66. The Kier molecular flexibility index (Phi) is 3.96. The minimum Gasteiger partial charge on any atom is -0.465 e. The number of rotatable bonds is 3. The second-order valence-corrected chi connectivity index (χ2v) is 6.95. The van der Waals surface area contributed by atoms with Gasteiger partial charge in [-0.1, -0.05) is 13.8 Å². The van der Waals surface area contributed by atoms with Crippen LogP contribution in [0.4, 0.5) is 5.69 Å². The summed E-state index contributed by atoms with van der Waals surface area (Å²) in [4.78, 5) is 15.8. The van der Waals surface area contributed by atoms with Gasteiger partial charge in [-0.3, -0.25) is 0 Å². The Morgan fingerprint density at radius 1 is 1.32 bits per heavy atom. The summed E-state index contributed by atoms with van der Waals surface area (Å²) in [7, 11) is 1.38. The van der Waals surface area contributed by atoms with Crippen molar-refractivity contribution in [3.05, 3.63) is 27.5 Å². The molecule has 5 heteroatoms. The van der Waals surface area contributed by atoms with Crippen LogP contribution in [-0.4, -0.2) is 13.1 Å². The summed E-state index contributed by atoms with van der Waals surface area (Å²) < 4.78 is 4.80. The van der Waals surface area contributed by atoms with Crippen LogP contribution in [0.5, 0.6) is 0 Å². The molecule has 0 bridgehead atoms. The maximum absolute atomic E-state index is 11.8. The molecule has 2 aromatic heterocycles. The van der Waals surface area contributed by atoms with Crippen molar-refractivity contribution in [1.82, 2.24) is 0 Å². The molecule has 0 aromatic carbocycles. The largest absolute Gasteiger partial charge is 0.465 e. The lowest BCUT2D eigenvalue weighted by Gasteiger charge is -2.07. The van der Waals surface area contributed by atoms with Crippen molar-refractivity contribution < 1.29 is 9.53 Å². The molecule has 0 aliphatic rings. The summed E-state index contributed by atoms with van der Waals surface area (Å²) in [5.41, 5.74) is 7.75. The van der Waals surface area contributed by atoms with Crippen molar-refractivity contribution in [2.24, 2.45) is 0 Å². The van der Waals surface area contributed by atoms with E-state index in [0.717, 1.165) is 15.3 Å². The first kappa shape index (κ1) is 14.1. The Labute approximate surface area is 121 Å². The number of aryl methyl sites for hydroxylation is 1. The van der Waals surface area contributed by atoms with Gasteiger partial charge in [0.2, 0.25) is 0 Å². The van der Waals surface area contributed by atoms with Gasteiger partial charge in [-0.25, -0.2) is 4.79 Å². The van der Waals surface area contributed by atoms with Crippen LogP contribution >= 0.6 is 22.7 Å². The predicted molar refractivity (Wildman–Crippen MR) is 82.2 cm³/mol. The highest BCUT2D eigenvalue weighted by atomic mass is 32.1. The van der Waals surface area contributed by atoms with Crippen LogP contribution in [-0.2, 0) is 4.74 Å². The average Bonchev–Trinajstić information content (AvgIpc) is 2.92. The van der Waals surface area contributed by atoms with Crippen molar-refractivity contribution >= 4 is 34.3 Å². The average molecular weight is 295 g/mol. The SMILES string of the molecule is COC(=O)c1sc(-c2ccc(C)s2)c(C(C)C)c1N. The summed E-state index contributed by atoms with van der Waals surface area (Å²) in [5, 5.41) is 0. The summed E-state index contributed by atoms with van der Waals surface area (Å²) in [5.74, 6) is -0.0870. The van der Waals surface area contributed by atoms with E-state index in [1.54, 1.807) is 11.3 Å². The number of carbonyl (C=O) groups excluding carboxylic acids is 1. The number of nitrogen functional groups attached to an aromatic ring is 1. The van der Waals surface area contributed by atoms with E-state index < -0.39 is 0 Å². The number of thiophene rings is 2. The highest BCUT2D eigenvalue weighted by Crippen LogP contribution is 2.44. The van der Waals surface area contributed by atoms with Gasteiger partial charge in [0, 0.05) is 9.75 Å². The van der Waals surface area contributed by atoms with Gasteiger partial charge in [0.1, 0.15) is 4.88 Å². The smallest absolute Gasteiger partial charge is 0.350 e. The lowest BCUT2D eigenvalue weighted by molar-refractivity contribution is 0.0607. The van der Waals surface area contributed by atoms with Crippen LogP contribution in [0.25, 0.3) is 9.75 Å². The molecule has 0 aliphatic heterocycles. The maximum Gasteiger partial charge on any atom is 0.350 e. The third kappa shape index (κ3) is 2.53. The number of anilines is 1. The molecule has 19 heavy (non-hydrogen) atoms. The fraction of sp³-hybridized carbons (Fsp3) is 0.357. The lowest BCUT2D eigenvalue weighted by atomic mass is 10.0. The summed E-state index contributed by atoms with van der Waals surface area (Å²) in [6.07, 6.45) is 0. The van der Waals surface area contributed by atoms with E-state index in [1.807, 2.05) is 0 Å². The Bertz CT molecular complexity index is 611.